The molecule has 3 rings (SSSR count). The zero-order valence-electron chi connectivity index (χ0n) is 13.3. The van der Waals surface area contributed by atoms with Crippen LogP contribution in [-0.2, 0) is 0 Å². The lowest BCUT2D eigenvalue weighted by Crippen LogP contribution is -2.46. The molecule has 1 fully saturated rings. The first-order chi connectivity index (χ1) is 10.6. The third-order valence-electron chi connectivity index (χ3n) is 4.15. The zero-order valence-corrected chi connectivity index (χ0v) is 14.9. The number of hydrogen-bond acceptors (Lipinski definition) is 2. The molecule has 2 heterocycles. The van der Waals surface area contributed by atoms with Crippen molar-refractivity contribution in [2.75, 3.05) is 26.2 Å². The van der Waals surface area contributed by atoms with E-state index in [1.54, 1.807) is 0 Å². The van der Waals surface area contributed by atoms with E-state index in [1.165, 1.54) is 0 Å². The van der Waals surface area contributed by atoms with Crippen molar-refractivity contribution < 1.29 is 4.79 Å². The van der Waals surface area contributed by atoms with E-state index in [0.29, 0.717) is 5.02 Å². The number of nitrogens with zero attached hydrogens (tertiary/aromatic N) is 2. The summed E-state index contributed by atoms with van der Waals surface area (Å²) in [6.45, 7) is 7.28. The van der Waals surface area contributed by atoms with Crippen LogP contribution in [0.2, 0.25) is 5.02 Å². The lowest BCUT2D eigenvalue weighted by molar-refractivity contribution is 0.0735. The zero-order chi connectivity index (χ0) is 15.7. The molecule has 0 spiro atoms. The number of rotatable bonds is 2. The van der Waals surface area contributed by atoms with Gasteiger partial charge in [0.05, 0.1) is 5.56 Å². The molecule has 0 saturated carbocycles. The van der Waals surface area contributed by atoms with Gasteiger partial charge in [0, 0.05) is 48.3 Å². The van der Waals surface area contributed by atoms with E-state index in [-0.39, 0.29) is 18.3 Å². The number of nitrogens with one attached hydrogen (secondary N) is 1. The van der Waals surface area contributed by atoms with Crippen LogP contribution in [0.4, 0.5) is 0 Å². The first kappa shape index (κ1) is 17.9. The number of piperazine rings is 1. The van der Waals surface area contributed by atoms with Gasteiger partial charge in [0.15, 0.2) is 0 Å². The van der Waals surface area contributed by atoms with Gasteiger partial charge in [-0.2, -0.15) is 0 Å². The Hall–Kier alpha value is -1.49. The third-order valence-corrected chi connectivity index (χ3v) is 4.40. The summed E-state index contributed by atoms with van der Waals surface area (Å²) in [5, 5.41) is 3.98. The van der Waals surface area contributed by atoms with Crippen molar-refractivity contribution in [1.82, 2.24) is 14.8 Å². The quantitative estimate of drug-likeness (QED) is 0.899. The molecule has 1 aromatic heterocycles. The average molecular weight is 354 g/mol. The lowest BCUT2D eigenvalue weighted by atomic mass is 10.2. The fourth-order valence-electron chi connectivity index (χ4n) is 3.01. The molecule has 1 aliphatic heterocycles. The SMILES string of the molecule is Cc1cc(C(=O)N2CCNCC2)c(C)n1-c1ccc(Cl)cc1.Cl. The first-order valence-electron chi connectivity index (χ1n) is 7.53. The van der Waals surface area contributed by atoms with Crippen LogP contribution in [-0.4, -0.2) is 41.6 Å². The second kappa shape index (κ2) is 7.39. The minimum atomic E-state index is 0. The highest BCUT2D eigenvalue weighted by atomic mass is 35.5. The van der Waals surface area contributed by atoms with Crippen LogP contribution < -0.4 is 5.32 Å². The molecule has 1 aromatic carbocycles. The number of halogens is 2. The Labute approximate surface area is 147 Å². The van der Waals surface area contributed by atoms with E-state index < -0.39 is 0 Å². The number of carbonyl (C=O) groups excluding carboxylic acids is 1. The van der Waals surface area contributed by atoms with Crippen LogP contribution in [0.1, 0.15) is 21.7 Å². The predicted octanol–water partition coefficient (Wildman–Crippen LogP) is 3.21. The summed E-state index contributed by atoms with van der Waals surface area (Å²) in [6, 6.07) is 9.66. The molecule has 0 aliphatic carbocycles. The number of benzene rings is 1. The number of amides is 1. The number of carbonyl (C=O) groups is 1. The van der Waals surface area contributed by atoms with Crippen molar-refractivity contribution in [2.45, 2.75) is 13.8 Å². The monoisotopic (exact) mass is 353 g/mol. The summed E-state index contributed by atoms with van der Waals surface area (Å²) in [7, 11) is 0. The molecule has 0 radical (unpaired) electrons. The number of aryl methyl sites for hydroxylation is 1. The average Bonchev–Trinajstić information content (AvgIpc) is 2.83. The molecule has 0 unspecified atom stereocenters. The van der Waals surface area contributed by atoms with Crippen molar-refractivity contribution in [3.05, 3.63) is 52.3 Å². The Balaban J connectivity index is 0.00000192. The van der Waals surface area contributed by atoms with Gasteiger partial charge in [-0.15, -0.1) is 12.4 Å². The van der Waals surface area contributed by atoms with Crippen LogP contribution in [0.3, 0.4) is 0 Å². The maximum Gasteiger partial charge on any atom is 0.255 e. The highest BCUT2D eigenvalue weighted by Crippen LogP contribution is 2.23. The molecule has 0 atom stereocenters. The molecule has 6 heteroatoms. The van der Waals surface area contributed by atoms with Gasteiger partial charge in [0.25, 0.3) is 5.91 Å². The Morgan fingerprint density at radius 1 is 1.13 bits per heavy atom. The Morgan fingerprint density at radius 2 is 1.74 bits per heavy atom. The molecule has 124 valence electrons. The first-order valence-corrected chi connectivity index (χ1v) is 7.90. The van der Waals surface area contributed by atoms with Crippen molar-refractivity contribution in [1.29, 1.82) is 0 Å². The van der Waals surface area contributed by atoms with Crippen molar-refractivity contribution >= 4 is 29.9 Å². The maximum absolute atomic E-state index is 12.7. The molecular weight excluding hydrogens is 333 g/mol. The van der Waals surface area contributed by atoms with Gasteiger partial charge in [0.2, 0.25) is 0 Å². The van der Waals surface area contributed by atoms with Gasteiger partial charge >= 0.3 is 0 Å². The van der Waals surface area contributed by atoms with Gasteiger partial charge in [-0.25, -0.2) is 0 Å². The molecule has 1 aliphatic rings. The fraction of sp³-hybridized carbons (Fsp3) is 0.353. The molecule has 2 aromatic rings. The fourth-order valence-corrected chi connectivity index (χ4v) is 3.13. The van der Waals surface area contributed by atoms with Gasteiger partial charge in [0.1, 0.15) is 0 Å². The van der Waals surface area contributed by atoms with E-state index in [9.17, 15) is 4.79 Å². The van der Waals surface area contributed by atoms with E-state index >= 15 is 0 Å². The number of aromatic nitrogens is 1. The predicted molar refractivity (Wildman–Crippen MR) is 96.3 cm³/mol. The van der Waals surface area contributed by atoms with Gasteiger partial charge in [-0.3, -0.25) is 4.79 Å². The smallest absolute Gasteiger partial charge is 0.255 e. The second-order valence-electron chi connectivity index (χ2n) is 5.64. The van der Waals surface area contributed by atoms with E-state index in [4.69, 9.17) is 11.6 Å². The van der Waals surface area contributed by atoms with Gasteiger partial charge < -0.3 is 14.8 Å². The normalized spacial score (nSPS) is 14.5. The summed E-state index contributed by atoms with van der Waals surface area (Å²) in [5.41, 5.74) is 3.84. The largest absolute Gasteiger partial charge is 0.336 e. The van der Waals surface area contributed by atoms with Crippen molar-refractivity contribution in [3.63, 3.8) is 0 Å². The maximum atomic E-state index is 12.7. The van der Waals surface area contributed by atoms with Crippen molar-refractivity contribution in [3.8, 4) is 5.69 Å². The molecule has 0 bridgehead atoms. The summed E-state index contributed by atoms with van der Waals surface area (Å²) >= 11 is 5.96. The van der Waals surface area contributed by atoms with Crippen LogP contribution in [0, 0.1) is 13.8 Å². The lowest BCUT2D eigenvalue weighted by Gasteiger charge is -2.27. The summed E-state index contributed by atoms with van der Waals surface area (Å²) in [6.07, 6.45) is 0. The van der Waals surface area contributed by atoms with E-state index in [1.807, 2.05) is 49.1 Å². The van der Waals surface area contributed by atoms with Crippen LogP contribution in [0.5, 0.6) is 0 Å². The Bertz CT molecular complexity index is 689. The Morgan fingerprint density at radius 3 is 2.35 bits per heavy atom. The van der Waals surface area contributed by atoms with Crippen LogP contribution in [0.25, 0.3) is 5.69 Å². The second-order valence-corrected chi connectivity index (χ2v) is 6.08. The topological polar surface area (TPSA) is 37.3 Å². The van der Waals surface area contributed by atoms with Crippen LogP contribution >= 0.6 is 24.0 Å². The highest BCUT2D eigenvalue weighted by Gasteiger charge is 2.22. The molecule has 1 N–H and O–H groups in total. The minimum Gasteiger partial charge on any atom is -0.336 e. The summed E-state index contributed by atoms with van der Waals surface area (Å²) in [4.78, 5) is 14.7. The molecular formula is C17H21Cl2N3O. The molecule has 1 amide bonds. The highest BCUT2D eigenvalue weighted by molar-refractivity contribution is 6.30. The van der Waals surface area contributed by atoms with Gasteiger partial charge in [-0.1, -0.05) is 11.6 Å². The third kappa shape index (κ3) is 3.55. The minimum absolute atomic E-state index is 0. The van der Waals surface area contributed by atoms with Crippen LogP contribution in [0.15, 0.2) is 30.3 Å². The number of hydrogen-bond donors (Lipinski definition) is 1. The molecule has 1 saturated heterocycles. The van der Waals surface area contributed by atoms with E-state index in [2.05, 4.69) is 9.88 Å². The Kier molecular flexibility index (Phi) is 5.74. The molecule has 4 nitrogen and oxygen atoms in total. The van der Waals surface area contributed by atoms with E-state index in [0.717, 1.165) is 48.8 Å². The van der Waals surface area contributed by atoms with Gasteiger partial charge in [-0.05, 0) is 44.2 Å². The molecule has 23 heavy (non-hydrogen) atoms. The standard InChI is InChI=1S/C17H20ClN3O.ClH/c1-12-11-16(17(22)20-9-7-19-8-10-20)13(2)21(12)15-5-3-14(18)4-6-15;/h3-6,11,19H,7-10H2,1-2H3;1H. The summed E-state index contributed by atoms with van der Waals surface area (Å²) < 4.78 is 2.10. The summed E-state index contributed by atoms with van der Waals surface area (Å²) in [5.74, 6) is 0.120. The van der Waals surface area contributed by atoms with Crippen molar-refractivity contribution in [2.24, 2.45) is 0 Å².